The van der Waals surface area contributed by atoms with Crippen molar-refractivity contribution in [1.82, 2.24) is 5.32 Å². The molecule has 0 aliphatic heterocycles. The van der Waals surface area contributed by atoms with Gasteiger partial charge in [0.15, 0.2) is 6.04 Å². The maximum Gasteiger partial charge on any atom is 0.328 e. The third-order valence-electron chi connectivity index (χ3n) is 3.62. The summed E-state index contributed by atoms with van der Waals surface area (Å²) in [5, 5.41) is 13.5. The van der Waals surface area contributed by atoms with Gasteiger partial charge >= 0.3 is 5.97 Å². The third kappa shape index (κ3) is 3.81. The van der Waals surface area contributed by atoms with Crippen molar-refractivity contribution < 1.29 is 23.9 Å². The van der Waals surface area contributed by atoms with Crippen LogP contribution in [0.5, 0.6) is 0 Å². The predicted molar refractivity (Wildman–Crippen MR) is 77.2 cm³/mol. The van der Waals surface area contributed by atoms with E-state index in [9.17, 15) is 18.8 Å². The molecule has 7 heteroatoms. The molecule has 0 heterocycles. The highest BCUT2D eigenvalue weighted by Gasteiger charge is 2.39. The molecule has 0 spiro atoms. The van der Waals surface area contributed by atoms with Gasteiger partial charge in [0.2, 0.25) is 5.91 Å². The summed E-state index contributed by atoms with van der Waals surface area (Å²) >= 11 is 0. The number of halogens is 1. The molecule has 6 nitrogen and oxygen atoms in total. The van der Waals surface area contributed by atoms with Gasteiger partial charge in [0, 0.05) is 17.2 Å². The number of carbonyl (C=O) groups excluding carboxylic acids is 2. The third-order valence-corrected chi connectivity index (χ3v) is 3.62. The summed E-state index contributed by atoms with van der Waals surface area (Å²) in [5.41, 5.74) is 0.749. The predicted octanol–water partition coefficient (Wildman–Crippen LogP) is 1.43. The number of amides is 2. The van der Waals surface area contributed by atoms with Crippen LogP contribution < -0.4 is 10.6 Å². The van der Waals surface area contributed by atoms with E-state index in [1.54, 1.807) is 12.1 Å². The summed E-state index contributed by atoms with van der Waals surface area (Å²) in [7, 11) is 0. The Morgan fingerprint density at radius 2 is 1.91 bits per heavy atom. The smallest absolute Gasteiger partial charge is 0.328 e. The lowest BCUT2D eigenvalue weighted by Gasteiger charge is -2.11. The van der Waals surface area contributed by atoms with Crippen LogP contribution in [0.2, 0.25) is 0 Å². The number of anilines is 1. The number of alkyl halides is 1. The molecule has 3 N–H and O–H groups in total. The van der Waals surface area contributed by atoms with Crippen LogP contribution >= 0.6 is 0 Å². The zero-order chi connectivity index (χ0) is 16.3. The fraction of sp³-hybridized carbons (Fsp3) is 0.400. The molecule has 0 saturated heterocycles. The number of hydrogen-bond donors (Lipinski definition) is 3. The van der Waals surface area contributed by atoms with E-state index in [-0.39, 0.29) is 17.4 Å². The van der Waals surface area contributed by atoms with E-state index in [0.717, 1.165) is 6.42 Å². The van der Waals surface area contributed by atoms with Crippen LogP contribution in [0.4, 0.5) is 10.1 Å². The summed E-state index contributed by atoms with van der Waals surface area (Å²) < 4.78 is 12.5. The molecule has 0 aromatic heterocycles. The minimum Gasteiger partial charge on any atom is -0.480 e. The monoisotopic (exact) mass is 308 g/mol. The van der Waals surface area contributed by atoms with Crippen molar-refractivity contribution in [3.05, 3.63) is 29.8 Å². The van der Waals surface area contributed by atoms with E-state index < -0.39 is 24.6 Å². The molecular formula is C15H17FN2O4. The van der Waals surface area contributed by atoms with E-state index in [1.165, 1.54) is 12.1 Å². The van der Waals surface area contributed by atoms with E-state index >= 15 is 0 Å². The number of rotatable bonds is 6. The van der Waals surface area contributed by atoms with Gasteiger partial charge < -0.3 is 15.7 Å². The molecule has 1 aliphatic carbocycles. The Hall–Kier alpha value is -2.44. The Morgan fingerprint density at radius 1 is 1.32 bits per heavy atom. The Kier molecular flexibility index (Phi) is 4.75. The molecule has 1 aromatic rings. The van der Waals surface area contributed by atoms with Gasteiger partial charge in [0.05, 0.1) is 0 Å². The second-order valence-electron chi connectivity index (χ2n) is 5.40. The number of nitrogens with one attached hydrogen (secondary N) is 2. The van der Waals surface area contributed by atoms with Gasteiger partial charge in [-0.25, -0.2) is 9.18 Å². The molecule has 2 amide bonds. The molecular weight excluding hydrogens is 291 g/mol. The minimum atomic E-state index is -1.57. The maximum atomic E-state index is 12.5. The number of carbonyl (C=O) groups is 3. The van der Waals surface area contributed by atoms with Crippen molar-refractivity contribution in [3.63, 3.8) is 0 Å². The van der Waals surface area contributed by atoms with Gasteiger partial charge in [0.25, 0.3) is 5.91 Å². The van der Waals surface area contributed by atoms with Crippen molar-refractivity contribution in [1.29, 1.82) is 0 Å². The van der Waals surface area contributed by atoms with Crippen LogP contribution in [0, 0.1) is 11.8 Å². The van der Waals surface area contributed by atoms with Crippen LogP contribution in [0.15, 0.2) is 24.3 Å². The second-order valence-corrected chi connectivity index (χ2v) is 5.40. The number of hydrogen-bond acceptors (Lipinski definition) is 3. The van der Waals surface area contributed by atoms with Crippen molar-refractivity contribution in [2.24, 2.45) is 11.8 Å². The Morgan fingerprint density at radius 3 is 2.36 bits per heavy atom. The largest absolute Gasteiger partial charge is 0.480 e. The van der Waals surface area contributed by atoms with Gasteiger partial charge in [-0.05, 0) is 36.6 Å². The number of carboxylic acid groups (broad SMARTS) is 1. The van der Waals surface area contributed by atoms with Gasteiger partial charge in [-0.2, -0.15) is 0 Å². The highest BCUT2D eigenvalue weighted by atomic mass is 19.1. The summed E-state index contributed by atoms with van der Waals surface area (Å²) in [4.78, 5) is 34.2. The first-order valence-corrected chi connectivity index (χ1v) is 6.93. The van der Waals surface area contributed by atoms with Gasteiger partial charge in [-0.15, -0.1) is 0 Å². The zero-order valence-corrected chi connectivity index (χ0v) is 12.0. The van der Waals surface area contributed by atoms with Crippen LogP contribution in [0.1, 0.15) is 23.7 Å². The lowest BCUT2D eigenvalue weighted by Crippen LogP contribution is -2.42. The molecule has 1 saturated carbocycles. The molecule has 0 radical (unpaired) electrons. The van der Waals surface area contributed by atoms with Gasteiger partial charge in [-0.3, -0.25) is 9.59 Å². The van der Waals surface area contributed by atoms with Crippen LogP contribution in [-0.4, -0.2) is 35.6 Å². The Labute approximate surface area is 126 Å². The summed E-state index contributed by atoms with van der Waals surface area (Å²) in [6.07, 6.45) is 0.881. The highest BCUT2D eigenvalue weighted by Crippen LogP contribution is 2.38. The lowest BCUT2D eigenvalue weighted by atomic mass is 10.1. The molecule has 3 atom stereocenters. The maximum absolute atomic E-state index is 12.5. The number of carboxylic acids is 1. The van der Waals surface area contributed by atoms with Crippen LogP contribution in [-0.2, 0) is 9.59 Å². The first kappa shape index (κ1) is 15.9. The summed E-state index contributed by atoms with van der Waals surface area (Å²) in [6.45, 7) is 0.816. The molecule has 118 valence electrons. The molecule has 1 aliphatic rings. The van der Waals surface area contributed by atoms with Crippen molar-refractivity contribution >= 4 is 23.5 Å². The van der Waals surface area contributed by atoms with Crippen molar-refractivity contribution in [2.75, 3.05) is 12.0 Å². The van der Waals surface area contributed by atoms with E-state index in [1.807, 2.05) is 6.92 Å². The Bertz CT molecular complexity index is 588. The first-order chi connectivity index (χ1) is 10.4. The molecule has 1 aromatic carbocycles. The topological polar surface area (TPSA) is 95.5 Å². The van der Waals surface area contributed by atoms with Crippen LogP contribution in [0.3, 0.4) is 0 Å². The fourth-order valence-corrected chi connectivity index (χ4v) is 2.04. The normalized spacial score (nSPS) is 20.8. The van der Waals surface area contributed by atoms with E-state index in [4.69, 9.17) is 5.11 Å². The first-order valence-electron chi connectivity index (χ1n) is 6.93. The summed E-state index contributed by atoms with van der Waals surface area (Å²) in [5.74, 6) is -1.72. The molecule has 22 heavy (non-hydrogen) atoms. The Balaban J connectivity index is 1.94. The highest BCUT2D eigenvalue weighted by molar-refractivity contribution is 5.98. The molecule has 0 bridgehead atoms. The minimum absolute atomic E-state index is 0.0452. The molecule has 1 fully saturated rings. The van der Waals surface area contributed by atoms with Gasteiger partial charge in [-0.1, -0.05) is 6.92 Å². The fourth-order valence-electron chi connectivity index (χ4n) is 2.04. The zero-order valence-electron chi connectivity index (χ0n) is 12.0. The summed E-state index contributed by atoms with van der Waals surface area (Å²) in [6, 6.07) is 4.41. The number of benzene rings is 1. The lowest BCUT2D eigenvalue weighted by molar-refractivity contribution is -0.139. The second kappa shape index (κ2) is 6.55. The molecule has 3 unspecified atom stereocenters. The van der Waals surface area contributed by atoms with Crippen molar-refractivity contribution in [2.45, 2.75) is 19.4 Å². The quantitative estimate of drug-likeness (QED) is 0.741. The average Bonchev–Trinajstić information content (AvgIpc) is 3.22. The number of aliphatic carboxylic acids is 1. The van der Waals surface area contributed by atoms with Crippen LogP contribution in [0.25, 0.3) is 0 Å². The van der Waals surface area contributed by atoms with Gasteiger partial charge in [0.1, 0.15) is 6.67 Å². The van der Waals surface area contributed by atoms with E-state index in [2.05, 4.69) is 10.6 Å². The average molecular weight is 308 g/mol. The van der Waals surface area contributed by atoms with E-state index in [0.29, 0.717) is 11.6 Å². The molecule has 2 rings (SSSR count). The SMILES string of the molecule is CC1CC1C(=O)Nc1ccc(C(=O)NC(CF)C(=O)O)cc1. The standard InChI is InChI=1S/C15H17FN2O4/c1-8-6-11(8)14(20)17-10-4-2-9(3-5-10)13(19)18-12(7-16)15(21)22/h2-5,8,11-12H,6-7H2,1H3,(H,17,20)(H,18,19)(H,21,22). The van der Waals surface area contributed by atoms with Crippen molar-refractivity contribution in [3.8, 4) is 0 Å².